The second-order valence-corrected chi connectivity index (χ2v) is 6.09. The molecule has 2 N–H and O–H groups in total. The molecule has 1 fully saturated rings. The van der Waals surface area contributed by atoms with Crippen LogP contribution in [0.1, 0.15) is 26.2 Å². The van der Waals surface area contributed by atoms with Gasteiger partial charge >= 0.3 is 0 Å². The summed E-state index contributed by atoms with van der Waals surface area (Å²) in [5.41, 5.74) is 0.213. The van der Waals surface area contributed by atoms with Crippen molar-refractivity contribution in [2.75, 3.05) is 33.4 Å². The summed E-state index contributed by atoms with van der Waals surface area (Å²) in [6, 6.07) is 7.45. The number of methoxy groups -OCH3 is 1. The van der Waals surface area contributed by atoms with E-state index in [4.69, 9.17) is 9.47 Å². The summed E-state index contributed by atoms with van der Waals surface area (Å²) in [6.07, 6.45) is 2.56. The Morgan fingerprint density at radius 1 is 1.27 bits per heavy atom. The molecule has 1 heterocycles. The van der Waals surface area contributed by atoms with Crippen molar-refractivity contribution in [2.45, 2.75) is 26.2 Å². The summed E-state index contributed by atoms with van der Waals surface area (Å²) in [5, 5.41) is 6.38. The lowest BCUT2D eigenvalue weighted by Gasteiger charge is -2.34. The average molecular weight is 306 g/mol. The van der Waals surface area contributed by atoms with Crippen molar-refractivity contribution in [2.24, 2.45) is 5.41 Å². The Labute approximate surface area is 132 Å². The molecule has 22 heavy (non-hydrogen) atoms. The van der Waals surface area contributed by atoms with E-state index >= 15 is 0 Å². The predicted molar refractivity (Wildman–Crippen MR) is 86.3 cm³/mol. The number of nitrogens with one attached hydrogen (secondary N) is 2. The van der Waals surface area contributed by atoms with Gasteiger partial charge in [0.1, 0.15) is 0 Å². The van der Waals surface area contributed by atoms with Crippen molar-refractivity contribution in [3.8, 4) is 11.5 Å². The number of benzene rings is 1. The van der Waals surface area contributed by atoms with Crippen molar-refractivity contribution >= 4 is 5.91 Å². The number of rotatable bonds is 7. The molecule has 1 aromatic rings. The van der Waals surface area contributed by atoms with Gasteiger partial charge in [0.05, 0.1) is 20.1 Å². The molecule has 1 saturated heterocycles. The normalized spacial score (nSPS) is 16.8. The van der Waals surface area contributed by atoms with E-state index in [1.165, 1.54) is 0 Å². The molecule has 0 spiro atoms. The number of ether oxygens (including phenoxy) is 2. The van der Waals surface area contributed by atoms with Crippen LogP contribution in [0.25, 0.3) is 0 Å². The molecule has 0 unspecified atom stereocenters. The van der Waals surface area contributed by atoms with Crippen LogP contribution in [0.5, 0.6) is 11.5 Å². The van der Waals surface area contributed by atoms with Crippen LogP contribution < -0.4 is 20.1 Å². The highest BCUT2D eigenvalue weighted by Crippen LogP contribution is 2.27. The Morgan fingerprint density at radius 2 is 1.95 bits per heavy atom. The first kappa shape index (κ1) is 16.6. The van der Waals surface area contributed by atoms with Crippen LogP contribution in [0.15, 0.2) is 24.3 Å². The van der Waals surface area contributed by atoms with E-state index in [0.717, 1.165) is 32.5 Å². The van der Waals surface area contributed by atoms with E-state index in [2.05, 4.69) is 17.6 Å². The number of piperidine rings is 1. The summed E-state index contributed by atoms with van der Waals surface area (Å²) in [6.45, 7) is 5.39. The van der Waals surface area contributed by atoms with Gasteiger partial charge in [-0.2, -0.15) is 0 Å². The molecule has 122 valence electrons. The molecule has 0 saturated carbocycles. The van der Waals surface area contributed by atoms with Gasteiger partial charge in [0.25, 0.3) is 0 Å². The van der Waals surface area contributed by atoms with Gasteiger partial charge in [0.15, 0.2) is 11.5 Å². The fourth-order valence-corrected chi connectivity index (χ4v) is 2.60. The van der Waals surface area contributed by atoms with Gasteiger partial charge < -0.3 is 20.1 Å². The molecule has 0 atom stereocenters. The maximum absolute atomic E-state index is 11.9. The number of hydrogen-bond donors (Lipinski definition) is 2. The number of carbonyl (C=O) groups is 1. The Hall–Kier alpha value is -1.75. The minimum Gasteiger partial charge on any atom is -0.493 e. The molecule has 1 aliphatic heterocycles. The molecular weight excluding hydrogens is 280 g/mol. The lowest BCUT2D eigenvalue weighted by atomic mass is 9.81. The third-order valence-electron chi connectivity index (χ3n) is 4.18. The standard InChI is InChI=1S/C17H26N2O3/c1-17(8-10-18-11-9-17)13-19-16(20)7-12-22-15-6-4-3-5-14(15)21-2/h3-6,18H,7-13H2,1-2H3,(H,19,20). The number of amides is 1. The minimum absolute atomic E-state index is 0.0367. The topological polar surface area (TPSA) is 59.6 Å². The van der Waals surface area contributed by atoms with Gasteiger partial charge in [-0.05, 0) is 43.5 Å². The van der Waals surface area contributed by atoms with Crippen molar-refractivity contribution in [3.63, 3.8) is 0 Å². The molecule has 0 bridgehead atoms. The van der Waals surface area contributed by atoms with Crippen molar-refractivity contribution in [1.82, 2.24) is 10.6 Å². The highest BCUT2D eigenvalue weighted by atomic mass is 16.5. The fourth-order valence-electron chi connectivity index (χ4n) is 2.60. The van der Waals surface area contributed by atoms with Crippen LogP contribution in [0.3, 0.4) is 0 Å². The largest absolute Gasteiger partial charge is 0.493 e. The van der Waals surface area contributed by atoms with Crippen LogP contribution in [0, 0.1) is 5.41 Å². The van der Waals surface area contributed by atoms with Gasteiger partial charge in [-0.3, -0.25) is 4.79 Å². The van der Waals surface area contributed by atoms with Gasteiger partial charge in [0, 0.05) is 6.54 Å². The van der Waals surface area contributed by atoms with Crippen LogP contribution >= 0.6 is 0 Å². The van der Waals surface area contributed by atoms with Gasteiger partial charge in [-0.1, -0.05) is 19.1 Å². The molecule has 5 nitrogen and oxygen atoms in total. The lowest BCUT2D eigenvalue weighted by molar-refractivity contribution is -0.122. The van der Waals surface area contributed by atoms with Crippen LogP contribution in [0.2, 0.25) is 0 Å². The molecule has 2 rings (SSSR count). The average Bonchev–Trinajstić information content (AvgIpc) is 2.54. The van der Waals surface area contributed by atoms with E-state index < -0.39 is 0 Å². The predicted octanol–water partition coefficient (Wildman–Crippen LogP) is 1.97. The van der Waals surface area contributed by atoms with Crippen molar-refractivity contribution < 1.29 is 14.3 Å². The van der Waals surface area contributed by atoms with Crippen LogP contribution in [-0.4, -0.2) is 39.3 Å². The smallest absolute Gasteiger partial charge is 0.223 e. The summed E-state index contributed by atoms with van der Waals surface area (Å²) in [4.78, 5) is 11.9. The Kier molecular flexibility index (Phi) is 6.07. The zero-order valence-corrected chi connectivity index (χ0v) is 13.5. The maximum Gasteiger partial charge on any atom is 0.223 e. The van der Waals surface area contributed by atoms with E-state index in [0.29, 0.717) is 24.5 Å². The minimum atomic E-state index is 0.0367. The Morgan fingerprint density at radius 3 is 2.64 bits per heavy atom. The maximum atomic E-state index is 11.9. The van der Waals surface area contributed by atoms with E-state index in [9.17, 15) is 4.79 Å². The molecule has 5 heteroatoms. The Balaban J connectivity index is 1.69. The summed E-state index contributed by atoms with van der Waals surface area (Å²) in [7, 11) is 1.61. The van der Waals surface area contributed by atoms with Gasteiger partial charge in [0.2, 0.25) is 5.91 Å². The van der Waals surface area contributed by atoms with E-state index in [1.807, 2.05) is 24.3 Å². The molecule has 1 aliphatic rings. The van der Waals surface area contributed by atoms with Crippen molar-refractivity contribution in [1.29, 1.82) is 0 Å². The van der Waals surface area contributed by atoms with Crippen LogP contribution in [0.4, 0.5) is 0 Å². The first-order valence-electron chi connectivity index (χ1n) is 7.86. The van der Waals surface area contributed by atoms with Crippen molar-refractivity contribution in [3.05, 3.63) is 24.3 Å². The zero-order chi connectivity index (χ0) is 15.8. The quantitative estimate of drug-likeness (QED) is 0.808. The first-order chi connectivity index (χ1) is 10.6. The third-order valence-corrected chi connectivity index (χ3v) is 4.18. The fraction of sp³-hybridized carbons (Fsp3) is 0.588. The summed E-state index contributed by atoms with van der Waals surface area (Å²) in [5.74, 6) is 1.39. The van der Waals surface area contributed by atoms with Gasteiger partial charge in [-0.15, -0.1) is 0 Å². The highest BCUT2D eigenvalue weighted by molar-refractivity contribution is 5.76. The molecule has 1 amide bonds. The Bertz CT molecular complexity index is 485. The third kappa shape index (κ3) is 4.91. The zero-order valence-electron chi connectivity index (χ0n) is 13.5. The SMILES string of the molecule is COc1ccccc1OCCC(=O)NCC1(C)CCNCC1. The number of para-hydroxylation sites is 2. The molecule has 0 aliphatic carbocycles. The second-order valence-electron chi connectivity index (χ2n) is 6.09. The number of carbonyl (C=O) groups excluding carboxylic acids is 1. The van der Waals surface area contributed by atoms with Gasteiger partial charge in [-0.25, -0.2) is 0 Å². The van der Waals surface area contributed by atoms with Crippen LogP contribution in [-0.2, 0) is 4.79 Å². The summed E-state index contributed by atoms with van der Waals surface area (Å²) >= 11 is 0. The molecule has 0 aromatic heterocycles. The lowest BCUT2D eigenvalue weighted by Crippen LogP contribution is -2.43. The number of hydrogen-bond acceptors (Lipinski definition) is 4. The first-order valence-corrected chi connectivity index (χ1v) is 7.86. The highest BCUT2D eigenvalue weighted by Gasteiger charge is 2.26. The molecular formula is C17H26N2O3. The molecule has 0 radical (unpaired) electrons. The summed E-state index contributed by atoms with van der Waals surface area (Å²) < 4.78 is 10.8. The monoisotopic (exact) mass is 306 g/mol. The second kappa shape index (κ2) is 8.03. The molecule has 1 aromatic carbocycles. The van der Waals surface area contributed by atoms with E-state index in [1.54, 1.807) is 7.11 Å². The van der Waals surface area contributed by atoms with E-state index in [-0.39, 0.29) is 11.3 Å².